The summed E-state index contributed by atoms with van der Waals surface area (Å²) >= 11 is 0. The van der Waals surface area contributed by atoms with Gasteiger partial charge in [-0.15, -0.1) is 0 Å². The number of aromatic nitrogens is 2. The largest absolute Gasteiger partial charge is 0.497 e. The van der Waals surface area contributed by atoms with E-state index in [1.807, 2.05) is 45.8 Å². The molecular weight excluding hydrogens is 354 g/mol. The molecule has 1 fully saturated rings. The van der Waals surface area contributed by atoms with E-state index in [2.05, 4.69) is 4.98 Å². The maximum atomic E-state index is 13.3. The molecule has 1 amide bonds. The summed E-state index contributed by atoms with van der Waals surface area (Å²) in [6, 6.07) is 9.49. The molecular formula is C22H25N3O3. The Morgan fingerprint density at radius 2 is 2.07 bits per heavy atom. The van der Waals surface area contributed by atoms with Gasteiger partial charge in [-0.2, -0.15) is 0 Å². The molecule has 0 unspecified atom stereocenters. The second kappa shape index (κ2) is 7.92. The van der Waals surface area contributed by atoms with E-state index in [9.17, 15) is 4.79 Å². The normalized spacial score (nSPS) is 13.9. The molecule has 0 N–H and O–H groups in total. The zero-order valence-electron chi connectivity index (χ0n) is 16.3. The first kappa shape index (κ1) is 18.3. The number of hydrogen-bond donors (Lipinski definition) is 0. The fourth-order valence-electron chi connectivity index (χ4n) is 3.63. The third-order valence-corrected chi connectivity index (χ3v) is 5.51. The minimum absolute atomic E-state index is 0.0356. The highest BCUT2D eigenvalue weighted by Gasteiger charge is 2.25. The minimum Gasteiger partial charge on any atom is -0.497 e. The van der Waals surface area contributed by atoms with Crippen LogP contribution in [0.5, 0.6) is 11.5 Å². The van der Waals surface area contributed by atoms with Crippen molar-refractivity contribution in [2.45, 2.75) is 25.8 Å². The number of rotatable bonds is 7. The molecule has 3 aromatic rings. The Balaban J connectivity index is 1.62. The number of nitrogens with zero attached hydrogens (tertiary/aromatic N) is 3. The van der Waals surface area contributed by atoms with E-state index in [0.29, 0.717) is 18.0 Å². The highest BCUT2D eigenvalue weighted by molar-refractivity contribution is 5.95. The SMILES string of the molecule is COc1ccc(CN(CC2CCC2)C(=O)c2ccn3cncc3c2)c(OC)c1. The molecule has 2 heterocycles. The number of amides is 1. The molecule has 0 aliphatic heterocycles. The quantitative estimate of drug-likeness (QED) is 0.627. The van der Waals surface area contributed by atoms with E-state index in [4.69, 9.17) is 9.47 Å². The molecule has 1 saturated carbocycles. The van der Waals surface area contributed by atoms with Gasteiger partial charge in [-0.1, -0.05) is 6.42 Å². The lowest BCUT2D eigenvalue weighted by Gasteiger charge is -2.33. The molecule has 0 atom stereocenters. The van der Waals surface area contributed by atoms with Crippen LogP contribution < -0.4 is 9.47 Å². The zero-order chi connectivity index (χ0) is 19.5. The van der Waals surface area contributed by atoms with Crippen LogP contribution in [-0.2, 0) is 6.54 Å². The molecule has 28 heavy (non-hydrogen) atoms. The number of carbonyl (C=O) groups is 1. The van der Waals surface area contributed by atoms with Gasteiger partial charge >= 0.3 is 0 Å². The van der Waals surface area contributed by atoms with E-state index in [0.717, 1.165) is 29.1 Å². The van der Waals surface area contributed by atoms with Gasteiger partial charge in [0.2, 0.25) is 0 Å². The highest BCUT2D eigenvalue weighted by Crippen LogP contribution is 2.30. The first-order valence-electron chi connectivity index (χ1n) is 9.60. The summed E-state index contributed by atoms with van der Waals surface area (Å²) in [6.07, 6.45) is 9.00. The van der Waals surface area contributed by atoms with Crippen molar-refractivity contribution in [2.24, 2.45) is 5.92 Å². The van der Waals surface area contributed by atoms with E-state index >= 15 is 0 Å². The molecule has 146 valence electrons. The van der Waals surface area contributed by atoms with Crippen LogP contribution in [0.3, 0.4) is 0 Å². The van der Waals surface area contributed by atoms with Crippen LogP contribution in [-0.4, -0.2) is 41.0 Å². The average Bonchev–Trinajstić information content (AvgIpc) is 3.17. The second-order valence-corrected chi connectivity index (χ2v) is 7.30. The van der Waals surface area contributed by atoms with Crippen LogP contribution >= 0.6 is 0 Å². The molecule has 0 spiro atoms. The molecule has 1 aliphatic rings. The fraction of sp³-hybridized carbons (Fsp3) is 0.364. The van der Waals surface area contributed by atoms with Crippen molar-refractivity contribution >= 4 is 11.4 Å². The maximum Gasteiger partial charge on any atom is 0.254 e. The topological polar surface area (TPSA) is 56.1 Å². The summed E-state index contributed by atoms with van der Waals surface area (Å²) in [4.78, 5) is 19.4. The van der Waals surface area contributed by atoms with Crippen LogP contribution in [0.2, 0.25) is 0 Å². The molecule has 4 rings (SSSR count). The molecule has 1 aromatic carbocycles. The van der Waals surface area contributed by atoms with Gasteiger partial charge in [-0.05, 0) is 43.0 Å². The Bertz CT molecular complexity index is 978. The van der Waals surface area contributed by atoms with Crippen LogP contribution in [0.4, 0.5) is 0 Å². The summed E-state index contributed by atoms with van der Waals surface area (Å²) in [5, 5.41) is 0. The number of benzene rings is 1. The van der Waals surface area contributed by atoms with Crippen LogP contribution in [0.25, 0.3) is 5.52 Å². The standard InChI is InChI=1S/C22H25N3O3/c1-27-20-7-6-18(21(11-20)28-2)14-25(13-16-4-3-5-16)22(26)17-8-9-24-15-23-12-19(24)10-17/h6-12,15-16H,3-5,13-14H2,1-2H3. The van der Waals surface area contributed by atoms with Crippen molar-refractivity contribution < 1.29 is 14.3 Å². The number of methoxy groups -OCH3 is 2. The number of ether oxygens (including phenoxy) is 2. The molecule has 6 heteroatoms. The fourth-order valence-corrected chi connectivity index (χ4v) is 3.63. The minimum atomic E-state index is 0.0356. The Hall–Kier alpha value is -3.02. The first-order valence-corrected chi connectivity index (χ1v) is 9.60. The van der Waals surface area contributed by atoms with Gasteiger partial charge in [-0.3, -0.25) is 4.79 Å². The van der Waals surface area contributed by atoms with Gasteiger partial charge in [0.05, 0.1) is 32.3 Å². The van der Waals surface area contributed by atoms with Crippen molar-refractivity contribution in [3.05, 3.63) is 60.2 Å². The van der Waals surface area contributed by atoms with Crippen LogP contribution in [0, 0.1) is 5.92 Å². The Morgan fingerprint density at radius 1 is 1.21 bits per heavy atom. The lowest BCUT2D eigenvalue weighted by molar-refractivity contribution is 0.0678. The summed E-state index contributed by atoms with van der Waals surface area (Å²) in [7, 11) is 3.28. The molecule has 2 aromatic heterocycles. The van der Waals surface area contributed by atoms with Gasteiger partial charge in [0, 0.05) is 36.5 Å². The van der Waals surface area contributed by atoms with Gasteiger partial charge in [0.1, 0.15) is 11.5 Å². The van der Waals surface area contributed by atoms with Crippen molar-refractivity contribution in [3.8, 4) is 11.5 Å². The second-order valence-electron chi connectivity index (χ2n) is 7.30. The summed E-state index contributed by atoms with van der Waals surface area (Å²) < 4.78 is 12.7. The molecule has 6 nitrogen and oxygen atoms in total. The van der Waals surface area contributed by atoms with Crippen LogP contribution in [0.15, 0.2) is 49.1 Å². The van der Waals surface area contributed by atoms with Gasteiger partial charge in [0.15, 0.2) is 0 Å². The van der Waals surface area contributed by atoms with Crippen molar-refractivity contribution in [2.75, 3.05) is 20.8 Å². The molecule has 0 saturated heterocycles. The number of carbonyl (C=O) groups excluding carboxylic acids is 1. The molecule has 0 radical (unpaired) electrons. The average molecular weight is 379 g/mol. The van der Waals surface area contributed by atoms with E-state index in [-0.39, 0.29) is 5.91 Å². The molecule has 1 aliphatic carbocycles. The predicted octanol–water partition coefficient (Wildman–Crippen LogP) is 3.79. The Kier molecular flexibility index (Phi) is 5.19. The highest BCUT2D eigenvalue weighted by atomic mass is 16.5. The zero-order valence-corrected chi connectivity index (χ0v) is 16.3. The van der Waals surface area contributed by atoms with Crippen molar-refractivity contribution in [1.82, 2.24) is 14.3 Å². The van der Waals surface area contributed by atoms with Gasteiger partial charge in [-0.25, -0.2) is 4.98 Å². The summed E-state index contributed by atoms with van der Waals surface area (Å²) in [5.41, 5.74) is 2.57. The monoisotopic (exact) mass is 379 g/mol. The van der Waals surface area contributed by atoms with Gasteiger partial charge in [0.25, 0.3) is 5.91 Å². The smallest absolute Gasteiger partial charge is 0.254 e. The number of pyridine rings is 1. The third kappa shape index (κ3) is 3.67. The molecule has 0 bridgehead atoms. The van der Waals surface area contributed by atoms with Crippen molar-refractivity contribution in [1.29, 1.82) is 0 Å². The van der Waals surface area contributed by atoms with Gasteiger partial charge < -0.3 is 18.8 Å². The maximum absolute atomic E-state index is 13.3. The summed E-state index contributed by atoms with van der Waals surface area (Å²) in [6.45, 7) is 1.27. The number of fused-ring (bicyclic) bond motifs is 1. The summed E-state index contributed by atoms with van der Waals surface area (Å²) in [5.74, 6) is 2.08. The third-order valence-electron chi connectivity index (χ3n) is 5.51. The van der Waals surface area contributed by atoms with Crippen LogP contribution in [0.1, 0.15) is 35.2 Å². The Labute approximate surface area is 164 Å². The van der Waals surface area contributed by atoms with E-state index < -0.39 is 0 Å². The lowest BCUT2D eigenvalue weighted by Crippen LogP contribution is -2.37. The Morgan fingerprint density at radius 3 is 2.79 bits per heavy atom. The lowest BCUT2D eigenvalue weighted by atomic mass is 9.85. The van der Waals surface area contributed by atoms with Crippen molar-refractivity contribution in [3.63, 3.8) is 0 Å². The van der Waals surface area contributed by atoms with E-state index in [1.54, 1.807) is 26.7 Å². The van der Waals surface area contributed by atoms with E-state index in [1.165, 1.54) is 19.3 Å². The first-order chi connectivity index (χ1) is 13.7. The number of hydrogen-bond acceptors (Lipinski definition) is 4. The predicted molar refractivity (Wildman–Crippen MR) is 107 cm³/mol. The number of imidazole rings is 1.